The first-order chi connectivity index (χ1) is 7.65. The van der Waals surface area contributed by atoms with Crippen molar-refractivity contribution >= 4 is 17.3 Å². The third kappa shape index (κ3) is 2.61. The van der Waals surface area contributed by atoms with E-state index in [1.807, 2.05) is 18.2 Å². The van der Waals surface area contributed by atoms with Gasteiger partial charge in [0.1, 0.15) is 0 Å². The van der Waals surface area contributed by atoms with Crippen LogP contribution in [0.4, 0.5) is 5.69 Å². The first-order valence-corrected chi connectivity index (χ1v) is 5.71. The van der Waals surface area contributed by atoms with Crippen molar-refractivity contribution < 1.29 is 0 Å². The van der Waals surface area contributed by atoms with Gasteiger partial charge in [-0.2, -0.15) is 0 Å². The number of halogens is 1. The van der Waals surface area contributed by atoms with Crippen molar-refractivity contribution in [3.8, 4) is 0 Å². The standard InChI is InChI=1S/C12H16ClN3/c1-16(8-9-5-12(14)15-7-9)11-4-2-3-10(13)6-11/h2-6,9,15H,7-8,14H2,1H3/t9-/m0/s1. The number of benzene rings is 1. The lowest BCUT2D eigenvalue weighted by Gasteiger charge is -2.22. The lowest BCUT2D eigenvalue weighted by Crippen LogP contribution is -2.27. The molecule has 0 fully saturated rings. The Morgan fingerprint density at radius 2 is 2.38 bits per heavy atom. The smallest absolute Gasteiger partial charge is 0.0923 e. The van der Waals surface area contributed by atoms with Gasteiger partial charge < -0.3 is 16.0 Å². The molecular weight excluding hydrogens is 222 g/mol. The molecule has 0 radical (unpaired) electrons. The maximum absolute atomic E-state index is 5.96. The minimum Gasteiger partial charge on any atom is -0.386 e. The molecular formula is C12H16ClN3. The van der Waals surface area contributed by atoms with Crippen LogP contribution in [0.1, 0.15) is 0 Å². The monoisotopic (exact) mass is 237 g/mol. The highest BCUT2D eigenvalue weighted by atomic mass is 35.5. The zero-order chi connectivity index (χ0) is 11.5. The number of hydrogen-bond acceptors (Lipinski definition) is 3. The molecule has 0 saturated carbocycles. The van der Waals surface area contributed by atoms with E-state index >= 15 is 0 Å². The van der Waals surface area contributed by atoms with Crippen LogP contribution in [-0.2, 0) is 0 Å². The second-order valence-corrected chi connectivity index (χ2v) is 4.56. The van der Waals surface area contributed by atoms with Crippen LogP contribution in [0.2, 0.25) is 5.02 Å². The third-order valence-corrected chi connectivity index (χ3v) is 2.98. The molecule has 2 rings (SSSR count). The summed E-state index contributed by atoms with van der Waals surface area (Å²) >= 11 is 5.96. The van der Waals surface area contributed by atoms with E-state index in [0.717, 1.165) is 29.6 Å². The Balaban J connectivity index is 2.00. The van der Waals surface area contributed by atoms with Gasteiger partial charge in [0.05, 0.1) is 5.82 Å². The van der Waals surface area contributed by atoms with Gasteiger partial charge in [-0.15, -0.1) is 0 Å². The highest BCUT2D eigenvalue weighted by Crippen LogP contribution is 2.20. The average Bonchev–Trinajstić information content (AvgIpc) is 2.64. The predicted molar refractivity (Wildman–Crippen MR) is 68.5 cm³/mol. The second kappa shape index (κ2) is 4.66. The number of nitrogens with zero attached hydrogens (tertiary/aromatic N) is 1. The Kier molecular flexibility index (Phi) is 3.25. The Morgan fingerprint density at radius 3 is 3.00 bits per heavy atom. The van der Waals surface area contributed by atoms with Crippen molar-refractivity contribution in [2.24, 2.45) is 11.7 Å². The third-order valence-electron chi connectivity index (χ3n) is 2.74. The van der Waals surface area contributed by atoms with Gasteiger partial charge in [0.25, 0.3) is 0 Å². The predicted octanol–water partition coefficient (Wildman–Crippen LogP) is 1.80. The molecule has 4 heteroatoms. The molecule has 86 valence electrons. The summed E-state index contributed by atoms with van der Waals surface area (Å²) in [6.45, 7) is 1.85. The quantitative estimate of drug-likeness (QED) is 0.843. The van der Waals surface area contributed by atoms with Crippen LogP contribution < -0.4 is 16.0 Å². The van der Waals surface area contributed by atoms with Crippen LogP contribution in [0.25, 0.3) is 0 Å². The van der Waals surface area contributed by atoms with Crippen LogP contribution in [0.3, 0.4) is 0 Å². The molecule has 0 aromatic heterocycles. The van der Waals surface area contributed by atoms with Crippen molar-refractivity contribution in [2.45, 2.75) is 0 Å². The second-order valence-electron chi connectivity index (χ2n) is 4.12. The van der Waals surface area contributed by atoms with Crippen LogP contribution >= 0.6 is 11.6 Å². The summed E-state index contributed by atoms with van der Waals surface area (Å²) in [7, 11) is 2.06. The van der Waals surface area contributed by atoms with E-state index in [9.17, 15) is 0 Å². The molecule has 1 aromatic carbocycles. The van der Waals surface area contributed by atoms with E-state index in [4.69, 9.17) is 17.3 Å². The summed E-state index contributed by atoms with van der Waals surface area (Å²) in [5.41, 5.74) is 6.80. The maximum Gasteiger partial charge on any atom is 0.0923 e. The van der Waals surface area contributed by atoms with Crippen LogP contribution in [0.5, 0.6) is 0 Å². The summed E-state index contributed by atoms with van der Waals surface area (Å²) in [6.07, 6.45) is 2.07. The van der Waals surface area contributed by atoms with Gasteiger partial charge in [-0.3, -0.25) is 0 Å². The summed E-state index contributed by atoms with van der Waals surface area (Å²) in [4.78, 5) is 2.19. The van der Waals surface area contributed by atoms with Gasteiger partial charge in [0.15, 0.2) is 0 Å². The number of nitrogens with one attached hydrogen (secondary N) is 1. The van der Waals surface area contributed by atoms with E-state index in [2.05, 4.69) is 29.4 Å². The molecule has 0 bridgehead atoms. The molecule has 0 amide bonds. The van der Waals surface area contributed by atoms with Crippen molar-refractivity contribution in [3.05, 3.63) is 41.2 Å². The molecule has 1 aliphatic rings. The highest BCUT2D eigenvalue weighted by Gasteiger charge is 2.15. The molecule has 0 unspecified atom stereocenters. The van der Waals surface area contributed by atoms with E-state index in [1.165, 1.54) is 0 Å². The van der Waals surface area contributed by atoms with E-state index in [-0.39, 0.29) is 0 Å². The lowest BCUT2D eigenvalue weighted by atomic mass is 10.1. The molecule has 3 nitrogen and oxygen atoms in total. The largest absolute Gasteiger partial charge is 0.386 e. The van der Waals surface area contributed by atoms with Gasteiger partial charge >= 0.3 is 0 Å². The molecule has 1 heterocycles. The van der Waals surface area contributed by atoms with Crippen LogP contribution in [-0.4, -0.2) is 20.1 Å². The lowest BCUT2D eigenvalue weighted by molar-refractivity contribution is 0.641. The molecule has 3 N–H and O–H groups in total. The van der Waals surface area contributed by atoms with Crippen molar-refractivity contribution in [2.75, 3.05) is 25.0 Å². The zero-order valence-corrected chi connectivity index (χ0v) is 10.0. The molecule has 1 aromatic rings. The summed E-state index contributed by atoms with van der Waals surface area (Å²) in [5, 5.41) is 3.89. The summed E-state index contributed by atoms with van der Waals surface area (Å²) in [5.74, 6) is 1.24. The SMILES string of the molecule is CN(C[C@H]1C=C(N)NC1)c1cccc(Cl)c1. The zero-order valence-electron chi connectivity index (χ0n) is 9.28. The number of nitrogens with two attached hydrogens (primary N) is 1. The van der Waals surface area contributed by atoms with Gasteiger partial charge in [-0.25, -0.2) is 0 Å². The van der Waals surface area contributed by atoms with E-state index < -0.39 is 0 Å². The summed E-state index contributed by atoms with van der Waals surface area (Å²) < 4.78 is 0. The van der Waals surface area contributed by atoms with Gasteiger partial charge in [-0.1, -0.05) is 17.7 Å². The first kappa shape index (κ1) is 11.1. The highest BCUT2D eigenvalue weighted by molar-refractivity contribution is 6.30. The van der Waals surface area contributed by atoms with E-state index in [0.29, 0.717) is 5.92 Å². The maximum atomic E-state index is 5.96. The molecule has 0 aliphatic carbocycles. The van der Waals surface area contributed by atoms with Gasteiger partial charge in [-0.05, 0) is 24.3 Å². The van der Waals surface area contributed by atoms with Crippen molar-refractivity contribution in [1.82, 2.24) is 5.32 Å². The fraction of sp³-hybridized carbons (Fsp3) is 0.333. The molecule has 0 spiro atoms. The van der Waals surface area contributed by atoms with Crippen LogP contribution in [0, 0.1) is 5.92 Å². The number of hydrogen-bond donors (Lipinski definition) is 2. The van der Waals surface area contributed by atoms with Crippen molar-refractivity contribution in [3.63, 3.8) is 0 Å². The fourth-order valence-corrected chi connectivity index (χ4v) is 2.09. The van der Waals surface area contributed by atoms with Crippen molar-refractivity contribution in [1.29, 1.82) is 0 Å². The summed E-state index contributed by atoms with van der Waals surface area (Å²) in [6, 6.07) is 7.87. The Labute approximate surface area is 101 Å². The molecule has 1 aliphatic heterocycles. The number of rotatable bonds is 3. The van der Waals surface area contributed by atoms with Gasteiger partial charge in [0, 0.05) is 36.8 Å². The Morgan fingerprint density at radius 1 is 1.56 bits per heavy atom. The molecule has 0 saturated heterocycles. The average molecular weight is 238 g/mol. The number of anilines is 1. The van der Waals surface area contributed by atoms with E-state index in [1.54, 1.807) is 0 Å². The van der Waals surface area contributed by atoms with Crippen LogP contribution in [0.15, 0.2) is 36.2 Å². The molecule has 1 atom stereocenters. The normalized spacial score (nSPS) is 19.1. The Bertz CT molecular complexity index is 403. The fourth-order valence-electron chi connectivity index (χ4n) is 1.91. The minimum absolute atomic E-state index is 0.462. The minimum atomic E-state index is 0.462. The topological polar surface area (TPSA) is 41.3 Å². The Hall–Kier alpha value is -1.35. The van der Waals surface area contributed by atoms with Gasteiger partial charge in [0.2, 0.25) is 0 Å². The molecule has 16 heavy (non-hydrogen) atoms. The first-order valence-electron chi connectivity index (χ1n) is 5.33.